The summed E-state index contributed by atoms with van der Waals surface area (Å²) in [5.74, 6) is 1.15. The highest BCUT2D eigenvalue weighted by atomic mass is 32.1. The molecule has 0 radical (unpaired) electrons. The molecule has 156 valence electrons. The zero-order valence-corrected chi connectivity index (χ0v) is 17.8. The standard InChI is InChI=1S/C22H19N5O3S/c1-12-5-7-15-17(10-12)31-22-18(15)21(25-19(26-22)14-4-3-9-23-11-14)30-16-8-6-13(2)24-20(16)27(28)29/h3-4,6,8-9,11-12H,5,7,10H2,1-2H3/t12-/m1/s1. The number of rotatable bonds is 4. The van der Waals surface area contributed by atoms with Crippen LogP contribution in [0.1, 0.15) is 29.5 Å². The van der Waals surface area contributed by atoms with Crippen LogP contribution in [0, 0.1) is 23.0 Å². The molecule has 1 aliphatic carbocycles. The minimum absolute atomic E-state index is 0.0665. The molecule has 31 heavy (non-hydrogen) atoms. The quantitative estimate of drug-likeness (QED) is 0.318. The Morgan fingerprint density at radius 2 is 2.10 bits per heavy atom. The van der Waals surface area contributed by atoms with Gasteiger partial charge in [0.2, 0.25) is 11.6 Å². The average molecular weight is 433 g/mol. The van der Waals surface area contributed by atoms with Crippen molar-refractivity contribution in [3.63, 3.8) is 0 Å². The summed E-state index contributed by atoms with van der Waals surface area (Å²) in [4.78, 5) is 30.8. The molecule has 0 saturated heterocycles. The monoisotopic (exact) mass is 433 g/mol. The van der Waals surface area contributed by atoms with Gasteiger partial charge in [0, 0.05) is 29.8 Å². The molecule has 0 aromatic carbocycles. The highest BCUT2D eigenvalue weighted by molar-refractivity contribution is 7.18. The number of nitrogens with zero attached hydrogens (tertiary/aromatic N) is 5. The molecule has 0 amide bonds. The second-order valence-electron chi connectivity index (χ2n) is 7.76. The number of aryl methyl sites for hydroxylation is 2. The van der Waals surface area contributed by atoms with Crippen LogP contribution in [0.2, 0.25) is 0 Å². The fourth-order valence-electron chi connectivity index (χ4n) is 3.85. The van der Waals surface area contributed by atoms with Crippen LogP contribution in [0.4, 0.5) is 5.82 Å². The number of hydrogen-bond donors (Lipinski definition) is 0. The average Bonchev–Trinajstić information content (AvgIpc) is 3.13. The molecule has 4 heterocycles. The molecule has 4 aromatic heterocycles. The highest BCUT2D eigenvalue weighted by Crippen LogP contribution is 2.43. The lowest BCUT2D eigenvalue weighted by atomic mass is 9.89. The largest absolute Gasteiger partial charge is 0.429 e. The molecule has 0 aliphatic heterocycles. The van der Waals surface area contributed by atoms with Gasteiger partial charge < -0.3 is 14.9 Å². The summed E-state index contributed by atoms with van der Waals surface area (Å²) in [6, 6.07) is 6.95. The molecule has 0 N–H and O–H groups in total. The molecule has 8 nitrogen and oxygen atoms in total. The summed E-state index contributed by atoms with van der Waals surface area (Å²) in [6.07, 6.45) is 6.36. The Bertz CT molecular complexity index is 1310. The Morgan fingerprint density at radius 1 is 1.23 bits per heavy atom. The first-order chi connectivity index (χ1) is 15.0. The predicted octanol–water partition coefficient (Wildman–Crippen LogP) is 5.28. The number of pyridine rings is 2. The third-order valence-corrected chi connectivity index (χ3v) is 6.55. The molecule has 0 bridgehead atoms. The number of fused-ring (bicyclic) bond motifs is 3. The normalized spacial score (nSPS) is 15.6. The van der Waals surface area contributed by atoms with Gasteiger partial charge in [-0.25, -0.2) is 4.98 Å². The minimum atomic E-state index is -0.534. The van der Waals surface area contributed by atoms with E-state index in [1.807, 2.05) is 12.1 Å². The molecular weight excluding hydrogens is 414 g/mol. The lowest BCUT2D eigenvalue weighted by Crippen LogP contribution is -2.09. The van der Waals surface area contributed by atoms with E-state index in [9.17, 15) is 10.1 Å². The van der Waals surface area contributed by atoms with E-state index >= 15 is 0 Å². The second-order valence-corrected chi connectivity index (χ2v) is 8.84. The van der Waals surface area contributed by atoms with E-state index in [0.717, 1.165) is 35.0 Å². The van der Waals surface area contributed by atoms with Gasteiger partial charge in [0.05, 0.1) is 5.39 Å². The first-order valence-corrected chi connectivity index (χ1v) is 10.8. The molecule has 0 unspecified atom stereocenters. The Hall–Kier alpha value is -3.46. The van der Waals surface area contributed by atoms with Crippen molar-refractivity contribution in [3.05, 3.63) is 62.9 Å². The predicted molar refractivity (Wildman–Crippen MR) is 118 cm³/mol. The summed E-state index contributed by atoms with van der Waals surface area (Å²) in [6.45, 7) is 3.95. The van der Waals surface area contributed by atoms with E-state index in [1.54, 1.807) is 42.8 Å². The Balaban J connectivity index is 1.71. The number of hydrogen-bond acceptors (Lipinski definition) is 8. The number of aromatic nitrogens is 4. The van der Waals surface area contributed by atoms with Gasteiger partial charge >= 0.3 is 5.82 Å². The smallest absolute Gasteiger partial charge is 0.407 e. The fraction of sp³-hybridized carbons (Fsp3) is 0.273. The van der Waals surface area contributed by atoms with E-state index in [0.29, 0.717) is 23.3 Å². The van der Waals surface area contributed by atoms with Gasteiger partial charge in [-0.2, -0.15) is 4.98 Å². The van der Waals surface area contributed by atoms with Crippen LogP contribution >= 0.6 is 11.3 Å². The highest BCUT2D eigenvalue weighted by Gasteiger charge is 2.27. The number of ether oxygens (including phenoxy) is 1. The van der Waals surface area contributed by atoms with Crippen molar-refractivity contribution < 1.29 is 9.66 Å². The van der Waals surface area contributed by atoms with E-state index in [2.05, 4.69) is 21.9 Å². The van der Waals surface area contributed by atoms with Crippen molar-refractivity contribution in [3.8, 4) is 23.0 Å². The van der Waals surface area contributed by atoms with Crippen molar-refractivity contribution in [2.45, 2.75) is 33.1 Å². The molecule has 0 fully saturated rings. The van der Waals surface area contributed by atoms with Crippen LogP contribution in [0.15, 0.2) is 36.7 Å². The summed E-state index contributed by atoms with van der Waals surface area (Å²) in [5, 5.41) is 12.4. The Kier molecular flexibility index (Phi) is 4.82. The van der Waals surface area contributed by atoms with Gasteiger partial charge in [-0.15, -0.1) is 11.3 Å². The van der Waals surface area contributed by atoms with Gasteiger partial charge in [0.15, 0.2) is 5.82 Å². The zero-order chi connectivity index (χ0) is 21.5. The number of thiophene rings is 1. The van der Waals surface area contributed by atoms with Gasteiger partial charge in [-0.05, 0) is 64.9 Å². The molecular formula is C22H19N5O3S. The summed E-state index contributed by atoms with van der Waals surface area (Å²) in [5.41, 5.74) is 2.49. The van der Waals surface area contributed by atoms with E-state index in [-0.39, 0.29) is 11.6 Å². The van der Waals surface area contributed by atoms with Gasteiger partial charge in [0.25, 0.3) is 0 Å². The third kappa shape index (κ3) is 3.61. The summed E-state index contributed by atoms with van der Waals surface area (Å²) >= 11 is 1.65. The van der Waals surface area contributed by atoms with E-state index in [1.165, 1.54) is 10.4 Å². The minimum Gasteiger partial charge on any atom is -0.429 e. The van der Waals surface area contributed by atoms with E-state index in [4.69, 9.17) is 9.72 Å². The lowest BCUT2D eigenvalue weighted by Gasteiger charge is -2.18. The third-order valence-electron chi connectivity index (χ3n) is 5.40. The summed E-state index contributed by atoms with van der Waals surface area (Å²) < 4.78 is 6.08. The maximum absolute atomic E-state index is 11.6. The van der Waals surface area contributed by atoms with Crippen LogP contribution in [0.3, 0.4) is 0 Å². The summed E-state index contributed by atoms with van der Waals surface area (Å²) in [7, 11) is 0. The Labute approximate surface area is 182 Å². The molecule has 5 rings (SSSR count). The van der Waals surface area contributed by atoms with Crippen LogP contribution in [-0.2, 0) is 12.8 Å². The van der Waals surface area contributed by atoms with E-state index < -0.39 is 4.92 Å². The van der Waals surface area contributed by atoms with Crippen molar-refractivity contribution in [1.29, 1.82) is 0 Å². The molecule has 0 saturated carbocycles. The second kappa shape index (κ2) is 7.66. The van der Waals surface area contributed by atoms with Crippen LogP contribution in [0.5, 0.6) is 11.6 Å². The fourth-order valence-corrected chi connectivity index (χ4v) is 5.23. The van der Waals surface area contributed by atoms with Crippen LogP contribution < -0.4 is 4.74 Å². The van der Waals surface area contributed by atoms with Gasteiger partial charge in [0.1, 0.15) is 10.5 Å². The van der Waals surface area contributed by atoms with Crippen molar-refractivity contribution in [2.75, 3.05) is 0 Å². The van der Waals surface area contributed by atoms with Crippen molar-refractivity contribution in [1.82, 2.24) is 19.9 Å². The molecule has 4 aromatic rings. The molecule has 9 heteroatoms. The molecule has 0 spiro atoms. The van der Waals surface area contributed by atoms with Crippen LogP contribution in [0.25, 0.3) is 21.6 Å². The zero-order valence-electron chi connectivity index (χ0n) is 17.0. The maximum atomic E-state index is 11.6. The number of nitro groups is 1. The van der Waals surface area contributed by atoms with Gasteiger partial charge in [-0.1, -0.05) is 6.92 Å². The Morgan fingerprint density at radius 3 is 2.87 bits per heavy atom. The molecule has 1 aliphatic rings. The van der Waals surface area contributed by atoms with Crippen molar-refractivity contribution in [2.24, 2.45) is 5.92 Å². The lowest BCUT2D eigenvalue weighted by molar-refractivity contribution is -0.390. The topological polar surface area (TPSA) is 104 Å². The van der Waals surface area contributed by atoms with Crippen LogP contribution in [-0.4, -0.2) is 24.9 Å². The van der Waals surface area contributed by atoms with Crippen molar-refractivity contribution >= 4 is 27.4 Å². The molecule has 1 atom stereocenters. The maximum Gasteiger partial charge on any atom is 0.407 e. The van der Waals surface area contributed by atoms with Gasteiger partial charge in [-0.3, -0.25) is 4.98 Å². The first kappa shape index (κ1) is 19.5. The first-order valence-electron chi connectivity index (χ1n) is 10.0. The SMILES string of the molecule is Cc1ccc(Oc2nc(-c3cccnc3)nc3sc4c(c23)CC[C@@H](C)C4)c([N+](=O)[O-])n1.